The Balaban J connectivity index is 2.18. The van der Waals surface area contributed by atoms with E-state index in [9.17, 15) is 20.1 Å². The lowest BCUT2D eigenvalue weighted by Gasteiger charge is -2.42. The highest BCUT2D eigenvalue weighted by Gasteiger charge is 2.39. The predicted molar refractivity (Wildman–Crippen MR) is 65.3 cm³/mol. The molecule has 1 saturated heterocycles. The normalized spacial score (nSPS) is 35.7. The first-order valence-electron chi connectivity index (χ1n) is 6.02. The summed E-state index contributed by atoms with van der Waals surface area (Å²) in [5, 5.41) is 29.1. The number of hydrogen-bond donors (Lipinski definition) is 4. The average Bonchev–Trinajstić information content (AvgIpc) is 2.32. The van der Waals surface area contributed by atoms with Gasteiger partial charge < -0.3 is 30.7 Å². The number of rotatable bonds is 2. The summed E-state index contributed by atoms with van der Waals surface area (Å²) in [6, 6.07) is 0. The third-order valence-corrected chi connectivity index (χ3v) is 3.19. The number of allylic oxidation sites excluding steroid dienone is 2. The van der Waals surface area contributed by atoms with Crippen molar-refractivity contribution in [2.75, 3.05) is 6.54 Å². The van der Waals surface area contributed by atoms with Gasteiger partial charge in [0, 0.05) is 18.2 Å². The van der Waals surface area contributed by atoms with E-state index in [1.165, 1.54) is 0 Å². The minimum Gasteiger partial charge on any atom is -0.390 e. The molecule has 0 aromatic carbocycles. The quantitative estimate of drug-likeness (QED) is 0.480. The molecule has 0 aromatic rings. The molecule has 2 heterocycles. The molecule has 19 heavy (non-hydrogen) atoms. The van der Waals surface area contributed by atoms with Crippen LogP contribution in [0.1, 0.15) is 13.3 Å². The van der Waals surface area contributed by atoms with Crippen LogP contribution >= 0.6 is 0 Å². The van der Waals surface area contributed by atoms with Gasteiger partial charge in [-0.25, -0.2) is 0 Å². The van der Waals surface area contributed by atoms with E-state index in [4.69, 9.17) is 10.5 Å². The first kappa shape index (κ1) is 14.0. The van der Waals surface area contributed by atoms with Gasteiger partial charge >= 0.3 is 0 Å². The lowest BCUT2D eigenvalue weighted by molar-refractivity contribution is -0.263. The van der Waals surface area contributed by atoms with Crippen molar-refractivity contribution in [1.29, 1.82) is 0 Å². The molecule has 1 fully saturated rings. The Bertz CT molecular complexity index is 434. The Labute approximate surface area is 110 Å². The fourth-order valence-electron chi connectivity index (χ4n) is 2.28. The van der Waals surface area contributed by atoms with Crippen molar-refractivity contribution < 1.29 is 24.9 Å². The summed E-state index contributed by atoms with van der Waals surface area (Å²) in [6.07, 6.45) is -1.03. The van der Waals surface area contributed by atoms with Crippen molar-refractivity contribution >= 4 is 5.91 Å². The second kappa shape index (κ2) is 5.30. The first-order valence-corrected chi connectivity index (χ1v) is 6.02. The summed E-state index contributed by atoms with van der Waals surface area (Å²) in [5.41, 5.74) is 6.40. The summed E-state index contributed by atoms with van der Waals surface area (Å²) in [5.74, 6) is -0.552. The second-order valence-corrected chi connectivity index (χ2v) is 4.85. The number of aliphatic hydroxyl groups excluding tert-OH is 3. The molecule has 1 amide bonds. The molecule has 5 N–H and O–H groups in total. The predicted octanol–water partition coefficient (Wildman–Crippen LogP) is -1.60. The third-order valence-electron chi connectivity index (χ3n) is 3.19. The topological polar surface area (TPSA) is 116 Å². The number of carbonyl (C=O) groups excluding carboxylic acids is 1. The highest BCUT2D eigenvalue weighted by molar-refractivity contribution is 5.93. The van der Waals surface area contributed by atoms with Crippen molar-refractivity contribution in [2.24, 2.45) is 5.73 Å². The zero-order valence-electron chi connectivity index (χ0n) is 10.6. The summed E-state index contributed by atoms with van der Waals surface area (Å²) in [4.78, 5) is 12.8. The van der Waals surface area contributed by atoms with Crippen LogP contribution in [0.5, 0.6) is 0 Å². The fraction of sp³-hybridized carbons (Fsp3) is 0.583. The standard InChI is InChI=1S/C12H18N2O5/c1-6-2-7(11(13)18)5-14(4-6)12-10(17)8(15)3-9(16)19-12/h2,4,8-10,12,15-17H,3,5H2,1H3,(H2,13,18)/t8-,9?,10-,12?/m0/s1. The van der Waals surface area contributed by atoms with Crippen molar-refractivity contribution in [2.45, 2.75) is 38.1 Å². The molecule has 2 aliphatic heterocycles. The second-order valence-electron chi connectivity index (χ2n) is 4.85. The molecule has 4 atom stereocenters. The maximum Gasteiger partial charge on any atom is 0.246 e. The van der Waals surface area contributed by atoms with Crippen LogP contribution in [0, 0.1) is 0 Å². The number of carbonyl (C=O) groups is 1. The van der Waals surface area contributed by atoms with Gasteiger partial charge in [-0.15, -0.1) is 0 Å². The number of aliphatic hydroxyl groups is 3. The third kappa shape index (κ3) is 2.95. The maximum absolute atomic E-state index is 11.2. The number of hydrogen-bond acceptors (Lipinski definition) is 6. The van der Waals surface area contributed by atoms with Crippen LogP contribution in [0.4, 0.5) is 0 Å². The largest absolute Gasteiger partial charge is 0.390 e. The molecule has 106 valence electrons. The van der Waals surface area contributed by atoms with Crippen LogP contribution in [0.15, 0.2) is 23.4 Å². The van der Waals surface area contributed by atoms with Gasteiger partial charge in [-0.05, 0) is 18.6 Å². The van der Waals surface area contributed by atoms with Gasteiger partial charge in [-0.2, -0.15) is 0 Å². The summed E-state index contributed by atoms with van der Waals surface area (Å²) >= 11 is 0. The Morgan fingerprint density at radius 2 is 2.16 bits per heavy atom. The Morgan fingerprint density at radius 1 is 1.47 bits per heavy atom. The van der Waals surface area contributed by atoms with Crippen molar-refractivity contribution in [3.05, 3.63) is 23.4 Å². The average molecular weight is 270 g/mol. The van der Waals surface area contributed by atoms with E-state index in [1.54, 1.807) is 24.1 Å². The monoisotopic (exact) mass is 270 g/mol. The molecular weight excluding hydrogens is 252 g/mol. The van der Waals surface area contributed by atoms with E-state index >= 15 is 0 Å². The number of ether oxygens (including phenoxy) is 1. The van der Waals surface area contributed by atoms with Crippen LogP contribution in [-0.2, 0) is 9.53 Å². The molecule has 2 aliphatic rings. The SMILES string of the molecule is CC1=CN(C2OC(O)C[C@H](O)[C@@H]2O)CC(C(N)=O)=C1. The van der Waals surface area contributed by atoms with Crippen LogP contribution in [0.3, 0.4) is 0 Å². The van der Waals surface area contributed by atoms with Gasteiger partial charge in [0.15, 0.2) is 12.5 Å². The molecular formula is C12H18N2O5. The molecule has 0 saturated carbocycles. The van der Waals surface area contributed by atoms with Crippen molar-refractivity contribution in [3.8, 4) is 0 Å². The summed E-state index contributed by atoms with van der Waals surface area (Å²) < 4.78 is 5.23. The zero-order valence-corrected chi connectivity index (χ0v) is 10.6. The number of primary amides is 1. The Kier molecular flexibility index (Phi) is 3.91. The van der Waals surface area contributed by atoms with E-state index in [-0.39, 0.29) is 13.0 Å². The minimum atomic E-state index is -1.17. The van der Waals surface area contributed by atoms with Crippen LogP contribution < -0.4 is 5.73 Å². The highest BCUT2D eigenvalue weighted by atomic mass is 16.6. The fourth-order valence-corrected chi connectivity index (χ4v) is 2.28. The van der Waals surface area contributed by atoms with E-state index in [1.807, 2.05) is 0 Å². The number of nitrogens with zero attached hydrogens (tertiary/aromatic N) is 1. The van der Waals surface area contributed by atoms with Gasteiger partial charge in [-0.1, -0.05) is 0 Å². The zero-order chi connectivity index (χ0) is 14.2. The smallest absolute Gasteiger partial charge is 0.246 e. The van der Waals surface area contributed by atoms with Gasteiger partial charge in [0.05, 0.1) is 12.6 Å². The van der Waals surface area contributed by atoms with Gasteiger partial charge in [0.25, 0.3) is 0 Å². The molecule has 0 aliphatic carbocycles. The van der Waals surface area contributed by atoms with E-state index in [0.29, 0.717) is 5.57 Å². The first-order chi connectivity index (χ1) is 8.88. The number of nitrogens with two attached hydrogens (primary N) is 1. The lowest BCUT2D eigenvalue weighted by Crippen LogP contribution is -2.55. The van der Waals surface area contributed by atoms with Gasteiger partial charge in [-0.3, -0.25) is 4.79 Å². The molecule has 0 spiro atoms. The van der Waals surface area contributed by atoms with E-state index in [2.05, 4.69) is 0 Å². The number of amides is 1. The minimum absolute atomic E-state index is 0.0489. The lowest BCUT2D eigenvalue weighted by atomic mass is 10.0. The van der Waals surface area contributed by atoms with Gasteiger partial charge in [0.2, 0.25) is 5.91 Å². The van der Waals surface area contributed by atoms with Crippen LogP contribution in [0.25, 0.3) is 0 Å². The summed E-state index contributed by atoms with van der Waals surface area (Å²) in [6.45, 7) is 1.94. The highest BCUT2D eigenvalue weighted by Crippen LogP contribution is 2.25. The molecule has 0 radical (unpaired) electrons. The molecule has 2 rings (SSSR count). The maximum atomic E-state index is 11.2. The van der Waals surface area contributed by atoms with Crippen LogP contribution in [-0.4, -0.2) is 57.4 Å². The Hall–Kier alpha value is -1.41. The van der Waals surface area contributed by atoms with Crippen molar-refractivity contribution in [1.82, 2.24) is 4.90 Å². The summed E-state index contributed by atoms with van der Waals surface area (Å²) in [7, 11) is 0. The van der Waals surface area contributed by atoms with Gasteiger partial charge in [0.1, 0.15) is 6.10 Å². The molecule has 0 bridgehead atoms. The molecule has 0 aromatic heterocycles. The molecule has 7 heteroatoms. The molecule has 7 nitrogen and oxygen atoms in total. The Morgan fingerprint density at radius 3 is 2.79 bits per heavy atom. The van der Waals surface area contributed by atoms with E-state index < -0.39 is 30.6 Å². The van der Waals surface area contributed by atoms with Crippen molar-refractivity contribution in [3.63, 3.8) is 0 Å². The molecule has 2 unspecified atom stereocenters. The van der Waals surface area contributed by atoms with Crippen LogP contribution in [0.2, 0.25) is 0 Å². The van der Waals surface area contributed by atoms with E-state index in [0.717, 1.165) is 5.57 Å².